The molecule has 1 N–H and O–H groups in total. The summed E-state index contributed by atoms with van der Waals surface area (Å²) in [7, 11) is 0. The van der Waals surface area contributed by atoms with Crippen LogP contribution in [-0.2, 0) is 6.42 Å². The monoisotopic (exact) mass is 379 g/mol. The van der Waals surface area contributed by atoms with Crippen molar-refractivity contribution in [1.82, 2.24) is 19.3 Å². The largest absolute Gasteiger partial charge is 0.493 e. The molecule has 7 nitrogen and oxygen atoms in total. The minimum absolute atomic E-state index is 0.314. The average Bonchev–Trinajstić information content (AvgIpc) is 3.15. The van der Waals surface area contributed by atoms with Crippen LogP contribution in [0.1, 0.15) is 5.56 Å². The van der Waals surface area contributed by atoms with Crippen molar-refractivity contribution in [2.24, 2.45) is 0 Å². The predicted octanol–water partition coefficient (Wildman–Crippen LogP) is 3.49. The quantitative estimate of drug-likeness (QED) is 0.536. The average molecular weight is 379 g/mol. The van der Waals surface area contributed by atoms with Crippen molar-refractivity contribution in [2.75, 3.05) is 18.5 Å². The van der Waals surface area contributed by atoms with Crippen molar-refractivity contribution in [3.8, 4) is 17.0 Å². The SMILES string of the molecule is C=CCN(S)C(=O)Nc1ccc2ncc(-c3ccc4c(c3)CCO4)nc2n1. The van der Waals surface area contributed by atoms with Crippen LogP contribution in [0.15, 0.2) is 49.2 Å². The number of carbonyl (C=O) groups is 1. The molecule has 3 aromatic rings. The maximum Gasteiger partial charge on any atom is 0.333 e. The molecule has 2 aromatic heterocycles. The molecule has 1 aliphatic heterocycles. The van der Waals surface area contributed by atoms with Crippen LogP contribution in [0.4, 0.5) is 10.6 Å². The highest BCUT2D eigenvalue weighted by molar-refractivity contribution is 7.78. The highest BCUT2D eigenvalue weighted by atomic mass is 32.1. The minimum atomic E-state index is -0.396. The molecule has 3 heterocycles. The van der Waals surface area contributed by atoms with E-state index in [1.54, 1.807) is 24.4 Å². The van der Waals surface area contributed by atoms with Crippen LogP contribution in [-0.4, -0.2) is 38.4 Å². The van der Waals surface area contributed by atoms with Gasteiger partial charge in [-0.1, -0.05) is 18.9 Å². The number of rotatable bonds is 4. The van der Waals surface area contributed by atoms with Crippen LogP contribution in [0.3, 0.4) is 0 Å². The first kappa shape index (κ1) is 17.3. The van der Waals surface area contributed by atoms with Crippen molar-refractivity contribution in [1.29, 1.82) is 0 Å². The number of pyridine rings is 1. The van der Waals surface area contributed by atoms with Crippen LogP contribution in [0.2, 0.25) is 0 Å². The van der Waals surface area contributed by atoms with E-state index in [4.69, 9.17) is 4.74 Å². The maximum absolute atomic E-state index is 12.0. The standard InChI is InChI=1S/C19H17N5O2S/c1-2-8-24(27)19(25)23-17-6-4-14-18(22-17)21-15(11-20-14)12-3-5-16-13(10-12)7-9-26-16/h2-6,10-11,27H,1,7-9H2,(H,21,22,23,25). The molecule has 4 rings (SSSR count). The number of hydrogen-bond donors (Lipinski definition) is 2. The summed E-state index contributed by atoms with van der Waals surface area (Å²) in [6.45, 7) is 4.60. The minimum Gasteiger partial charge on any atom is -0.493 e. The van der Waals surface area contributed by atoms with Gasteiger partial charge >= 0.3 is 6.03 Å². The van der Waals surface area contributed by atoms with E-state index >= 15 is 0 Å². The Morgan fingerprint density at radius 2 is 2.22 bits per heavy atom. The van der Waals surface area contributed by atoms with Crippen LogP contribution in [0, 0.1) is 0 Å². The topological polar surface area (TPSA) is 80.2 Å². The first-order valence-electron chi connectivity index (χ1n) is 8.42. The van der Waals surface area contributed by atoms with Crippen molar-refractivity contribution >= 4 is 35.8 Å². The number of nitrogens with zero attached hydrogens (tertiary/aromatic N) is 4. The molecule has 1 aliphatic rings. The zero-order valence-electron chi connectivity index (χ0n) is 14.4. The third-order valence-electron chi connectivity index (χ3n) is 4.16. The number of hydrogen-bond acceptors (Lipinski definition) is 6. The van der Waals surface area contributed by atoms with E-state index in [1.165, 1.54) is 9.87 Å². The third-order valence-corrected chi connectivity index (χ3v) is 4.51. The van der Waals surface area contributed by atoms with E-state index in [0.717, 1.165) is 23.4 Å². The second-order valence-corrected chi connectivity index (χ2v) is 6.50. The molecular weight excluding hydrogens is 362 g/mol. The lowest BCUT2D eigenvalue weighted by molar-refractivity contribution is 0.241. The van der Waals surface area contributed by atoms with E-state index in [-0.39, 0.29) is 0 Å². The van der Waals surface area contributed by atoms with Crippen LogP contribution >= 0.6 is 12.8 Å². The molecule has 136 valence electrons. The van der Waals surface area contributed by atoms with E-state index in [2.05, 4.69) is 45.7 Å². The summed E-state index contributed by atoms with van der Waals surface area (Å²) in [6, 6.07) is 9.03. The lowest BCUT2D eigenvalue weighted by Crippen LogP contribution is -2.27. The molecule has 0 saturated carbocycles. The Hall–Kier alpha value is -3.13. The number of urea groups is 1. The summed E-state index contributed by atoms with van der Waals surface area (Å²) in [5.74, 6) is 1.30. The number of amides is 2. The Kier molecular flexibility index (Phi) is 4.64. The van der Waals surface area contributed by atoms with Gasteiger partial charge in [-0.05, 0) is 35.9 Å². The Morgan fingerprint density at radius 1 is 1.33 bits per heavy atom. The molecule has 0 radical (unpaired) electrons. The van der Waals surface area contributed by atoms with Crippen molar-refractivity contribution in [3.63, 3.8) is 0 Å². The molecular formula is C19H17N5O2S. The van der Waals surface area contributed by atoms with Gasteiger partial charge in [0.05, 0.1) is 25.0 Å². The van der Waals surface area contributed by atoms with E-state index in [9.17, 15) is 4.79 Å². The fraction of sp³-hybridized carbons (Fsp3) is 0.158. The zero-order chi connectivity index (χ0) is 18.8. The third kappa shape index (κ3) is 3.56. The van der Waals surface area contributed by atoms with Gasteiger partial charge in [0.25, 0.3) is 0 Å². The number of nitrogens with one attached hydrogen (secondary N) is 1. The summed E-state index contributed by atoms with van der Waals surface area (Å²) in [4.78, 5) is 25.5. The Morgan fingerprint density at radius 3 is 3.07 bits per heavy atom. The van der Waals surface area contributed by atoms with E-state index in [0.29, 0.717) is 30.1 Å². The van der Waals surface area contributed by atoms with Crippen molar-refractivity contribution < 1.29 is 9.53 Å². The summed E-state index contributed by atoms with van der Waals surface area (Å²) in [5, 5.41) is 2.68. The van der Waals surface area contributed by atoms with Gasteiger partial charge in [0.2, 0.25) is 0 Å². The number of carbonyl (C=O) groups excluding carboxylic acids is 1. The smallest absolute Gasteiger partial charge is 0.333 e. The van der Waals surface area contributed by atoms with Crippen molar-refractivity contribution in [2.45, 2.75) is 6.42 Å². The highest BCUT2D eigenvalue weighted by Crippen LogP contribution is 2.30. The molecule has 1 aromatic carbocycles. The molecule has 2 amide bonds. The van der Waals surface area contributed by atoms with Gasteiger partial charge in [0, 0.05) is 12.0 Å². The first-order chi connectivity index (χ1) is 13.1. The van der Waals surface area contributed by atoms with Crippen molar-refractivity contribution in [3.05, 3.63) is 54.7 Å². The Labute approximate surface area is 161 Å². The molecule has 0 saturated heterocycles. The summed E-state index contributed by atoms with van der Waals surface area (Å²) >= 11 is 4.09. The van der Waals surface area contributed by atoms with Gasteiger partial charge in [-0.3, -0.25) is 14.6 Å². The molecule has 0 bridgehead atoms. The predicted molar refractivity (Wildman–Crippen MR) is 107 cm³/mol. The Bertz CT molecular complexity index is 1040. The van der Waals surface area contributed by atoms with E-state index in [1.807, 2.05) is 12.1 Å². The van der Waals surface area contributed by atoms with Gasteiger partial charge in [-0.15, -0.1) is 6.58 Å². The lowest BCUT2D eigenvalue weighted by atomic mass is 10.1. The number of ether oxygens (including phenoxy) is 1. The molecule has 0 unspecified atom stereocenters. The van der Waals surface area contributed by atoms with Gasteiger partial charge < -0.3 is 4.74 Å². The second kappa shape index (κ2) is 7.24. The second-order valence-electron chi connectivity index (χ2n) is 6.02. The normalized spacial score (nSPS) is 12.3. The molecule has 0 aliphatic carbocycles. The van der Waals surface area contributed by atoms with Gasteiger partial charge in [0.15, 0.2) is 5.65 Å². The number of benzene rings is 1. The maximum atomic E-state index is 12.0. The summed E-state index contributed by atoms with van der Waals surface area (Å²) < 4.78 is 6.75. The summed E-state index contributed by atoms with van der Waals surface area (Å²) in [6.07, 6.45) is 4.20. The number of anilines is 1. The molecule has 27 heavy (non-hydrogen) atoms. The fourth-order valence-electron chi connectivity index (χ4n) is 2.83. The number of fused-ring (bicyclic) bond motifs is 2. The first-order valence-corrected chi connectivity index (χ1v) is 8.82. The molecule has 0 atom stereocenters. The van der Waals surface area contributed by atoms with Gasteiger partial charge in [0.1, 0.15) is 17.1 Å². The van der Waals surface area contributed by atoms with E-state index < -0.39 is 6.03 Å². The molecule has 0 fully saturated rings. The van der Waals surface area contributed by atoms with Gasteiger partial charge in [-0.25, -0.2) is 14.8 Å². The number of thiol groups is 1. The highest BCUT2D eigenvalue weighted by Gasteiger charge is 2.14. The fourth-order valence-corrected chi connectivity index (χ4v) is 3.00. The zero-order valence-corrected chi connectivity index (χ0v) is 15.3. The number of aromatic nitrogens is 3. The van der Waals surface area contributed by atoms with Crippen LogP contribution < -0.4 is 10.1 Å². The Balaban J connectivity index is 1.63. The van der Waals surface area contributed by atoms with Gasteiger partial charge in [-0.2, -0.15) is 0 Å². The lowest BCUT2D eigenvalue weighted by Gasteiger charge is -2.14. The van der Waals surface area contributed by atoms with Crippen LogP contribution in [0.25, 0.3) is 22.4 Å². The summed E-state index contributed by atoms with van der Waals surface area (Å²) in [5.41, 5.74) is 3.94. The molecule has 0 spiro atoms. The van der Waals surface area contributed by atoms with Crippen LogP contribution in [0.5, 0.6) is 5.75 Å². The molecule has 8 heteroatoms.